The number of fused-ring (bicyclic) bond motifs is 2. The number of rotatable bonds is 4. The van der Waals surface area contributed by atoms with Gasteiger partial charge in [0.05, 0.1) is 43.8 Å². The van der Waals surface area contributed by atoms with Crippen LogP contribution < -0.4 is 11.1 Å². The second-order valence-corrected chi connectivity index (χ2v) is 9.49. The maximum absolute atomic E-state index is 13.5. The van der Waals surface area contributed by atoms with Crippen molar-refractivity contribution < 1.29 is 13.2 Å². The Morgan fingerprint density at radius 3 is 2.50 bits per heavy atom. The SMILES string of the molecule is O=c1[nH]c(SCc2nc3c(Cl)cc(Cl)cc3c(=O)n2-c2cccc(C(F)(F)F)c2)nc2ccccc12. The summed E-state index contributed by atoms with van der Waals surface area (Å²) in [5, 5.41) is 1.02. The van der Waals surface area contributed by atoms with Crippen LogP contribution in [0.25, 0.3) is 27.5 Å². The highest BCUT2D eigenvalue weighted by Gasteiger charge is 2.31. The van der Waals surface area contributed by atoms with Crippen LogP contribution in [0.4, 0.5) is 13.2 Å². The topological polar surface area (TPSA) is 80.6 Å². The van der Waals surface area contributed by atoms with E-state index in [0.717, 1.165) is 28.5 Å². The van der Waals surface area contributed by atoms with E-state index >= 15 is 0 Å². The number of H-pyrrole nitrogens is 1. The fourth-order valence-corrected chi connectivity index (χ4v) is 5.03. The molecular formula is C24H13Cl2F3N4O2S. The Balaban J connectivity index is 1.67. The molecule has 0 radical (unpaired) electrons. The van der Waals surface area contributed by atoms with Gasteiger partial charge in [0.25, 0.3) is 11.1 Å². The third kappa shape index (κ3) is 4.59. The molecule has 3 aromatic carbocycles. The zero-order valence-corrected chi connectivity index (χ0v) is 20.3. The molecule has 182 valence electrons. The zero-order valence-electron chi connectivity index (χ0n) is 17.9. The Bertz CT molecular complexity index is 1770. The van der Waals surface area contributed by atoms with Crippen LogP contribution in [-0.2, 0) is 11.9 Å². The van der Waals surface area contributed by atoms with Gasteiger partial charge in [0.2, 0.25) is 0 Å². The fourth-order valence-electron chi connectivity index (χ4n) is 3.71. The van der Waals surface area contributed by atoms with Gasteiger partial charge in [0.1, 0.15) is 5.82 Å². The van der Waals surface area contributed by atoms with E-state index in [2.05, 4.69) is 15.0 Å². The summed E-state index contributed by atoms with van der Waals surface area (Å²) in [7, 11) is 0. The lowest BCUT2D eigenvalue weighted by molar-refractivity contribution is -0.137. The Morgan fingerprint density at radius 1 is 0.944 bits per heavy atom. The van der Waals surface area contributed by atoms with E-state index in [0.29, 0.717) is 10.9 Å². The van der Waals surface area contributed by atoms with Crippen LogP contribution in [0.1, 0.15) is 11.4 Å². The van der Waals surface area contributed by atoms with Gasteiger partial charge in [-0.3, -0.25) is 14.2 Å². The number of halogens is 5. The van der Waals surface area contributed by atoms with E-state index in [4.69, 9.17) is 23.2 Å². The van der Waals surface area contributed by atoms with Gasteiger partial charge < -0.3 is 4.98 Å². The highest BCUT2D eigenvalue weighted by Crippen LogP contribution is 2.32. The Kier molecular flexibility index (Phi) is 6.27. The van der Waals surface area contributed by atoms with Crippen LogP contribution in [0.3, 0.4) is 0 Å². The summed E-state index contributed by atoms with van der Waals surface area (Å²) in [6.07, 6.45) is -4.61. The molecule has 0 aliphatic rings. The molecule has 12 heteroatoms. The quantitative estimate of drug-likeness (QED) is 0.212. The van der Waals surface area contributed by atoms with Gasteiger partial charge in [-0.1, -0.05) is 53.2 Å². The molecule has 36 heavy (non-hydrogen) atoms. The van der Waals surface area contributed by atoms with Crippen molar-refractivity contribution >= 4 is 56.8 Å². The van der Waals surface area contributed by atoms with Crippen molar-refractivity contribution in [2.45, 2.75) is 17.1 Å². The fraction of sp³-hybridized carbons (Fsp3) is 0.0833. The first kappa shape index (κ1) is 24.4. The predicted octanol–water partition coefficient (Wildman–Crippen LogP) is 6.24. The van der Waals surface area contributed by atoms with Crippen molar-refractivity contribution in [2.75, 3.05) is 0 Å². The standard InChI is InChI=1S/C24H13Cl2F3N4O2S/c25-13-9-16-20(17(26)10-13)31-19(11-36-23-30-18-7-2-1-6-15(18)21(34)32-23)33(22(16)35)14-5-3-4-12(8-14)24(27,28)29/h1-10H,11H2,(H,30,32,34). The van der Waals surface area contributed by atoms with Gasteiger partial charge in [-0.25, -0.2) is 9.97 Å². The molecule has 5 aromatic rings. The Hall–Kier alpha value is -3.34. The van der Waals surface area contributed by atoms with E-state index in [1.807, 2.05) is 0 Å². The summed E-state index contributed by atoms with van der Waals surface area (Å²) < 4.78 is 41.3. The molecule has 0 atom stereocenters. The summed E-state index contributed by atoms with van der Waals surface area (Å²) in [5.74, 6) is 0.0960. The third-order valence-corrected chi connectivity index (χ3v) is 6.70. The molecule has 0 saturated heterocycles. The number of nitrogens with one attached hydrogen (secondary N) is 1. The number of hydrogen-bond donors (Lipinski definition) is 1. The van der Waals surface area contributed by atoms with Crippen LogP contribution in [0.5, 0.6) is 0 Å². The molecule has 0 amide bonds. The van der Waals surface area contributed by atoms with Crippen molar-refractivity contribution in [3.8, 4) is 5.69 Å². The minimum Gasteiger partial charge on any atom is -0.301 e. The monoisotopic (exact) mass is 548 g/mol. The average Bonchev–Trinajstić information content (AvgIpc) is 2.83. The number of aromatic nitrogens is 4. The van der Waals surface area contributed by atoms with Crippen molar-refractivity contribution in [1.82, 2.24) is 19.5 Å². The molecule has 0 spiro atoms. The minimum atomic E-state index is -4.61. The van der Waals surface area contributed by atoms with E-state index in [1.165, 1.54) is 24.3 Å². The molecule has 1 N–H and O–H groups in total. The second kappa shape index (κ2) is 9.27. The number of thioether (sulfide) groups is 1. The Morgan fingerprint density at radius 2 is 1.72 bits per heavy atom. The lowest BCUT2D eigenvalue weighted by atomic mass is 10.2. The Labute approximate surface area is 214 Å². The first-order valence-electron chi connectivity index (χ1n) is 10.3. The molecule has 0 aliphatic heterocycles. The normalized spacial score (nSPS) is 11.9. The van der Waals surface area contributed by atoms with Crippen LogP contribution in [0.15, 0.2) is 75.4 Å². The predicted molar refractivity (Wildman–Crippen MR) is 134 cm³/mol. The van der Waals surface area contributed by atoms with Crippen molar-refractivity contribution in [1.29, 1.82) is 0 Å². The van der Waals surface area contributed by atoms with E-state index in [-0.39, 0.29) is 48.9 Å². The number of para-hydroxylation sites is 1. The summed E-state index contributed by atoms with van der Waals surface area (Å²) in [6.45, 7) is 0. The van der Waals surface area contributed by atoms with Gasteiger partial charge in [-0.15, -0.1) is 0 Å². The smallest absolute Gasteiger partial charge is 0.301 e. The van der Waals surface area contributed by atoms with Gasteiger partial charge in [0, 0.05) is 5.02 Å². The highest BCUT2D eigenvalue weighted by atomic mass is 35.5. The van der Waals surface area contributed by atoms with Crippen molar-refractivity contribution in [2.24, 2.45) is 0 Å². The van der Waals surface area contributed by atoms with Crippen LogP contribution >= 0.6 is 35.0 Å². The summed E-state index contributed by atoms with van der Waals surface area (Å²) >= 11 is 13.4. The maximum atomic E-state index is 13.5. The van der Waals surface area contributed by atoms with E-state index < -0.39 is 17.3 Å². The average molecular weight is 549 g/mol. The number of benzene rings is 3. The maximum Gasteiger partial charge on any atom is 0.416 e. The minimum absolute atomic E-state index is 0.0122. The number of nitrogens with zero attached hydrogens (tertiary/aromatic N) is 3. The molecule has 2 heterocycles. The largest absolute Gasteiger partial charge is 0.416 e. The molecule has 0 bridgehead atoms. The zero-order chi connectivity index (χ0) is 25.6. The van der Waals surface area contributed by atoms with Crippen LogP contribution in [0, 0.1) is 0 Å². The summed E-state index contributed by atoms with van der Waals surface area (Å²) in [6, 6.07) is 13.9. The van der Waals surface area contributed by atoms with Crippen LogP contribution in [-0.4, -0.2) is 19.5 Å². The molecule has 5 rings (SSSR count). The summed E-state index contributed by atoms with van der Waals surface area (Å²) in [4.78, 5) is 37.5. The number of aromatic amines is 1. The molecule has 2 aromatic heterocycles. The number of alkyl halides is 3. The van der Waals surface area contributed by atoms with E-state index in [1.54, 1.807) is 24.3 Å². The van der Waals surface area contributed by atoms with Gasteiger partial charge in [-0.2, -0.15) is 13.2 Å². The third-order valence-electron chi connectivity index (χ3n) is 5.32. The van der Waals surface area contributed by atoms with Gasteiger partial charge >= 0.3 is 6.18 Å². The van der Waals surface area contributed by atoms with Gasteiger partial charge in [-0.05, 0) is 42.5 Å². The van der Waals surface area contributed by atoms with Crippen molar-refractivity contribution in [3.05, 3.63) is 103 Å². The molecule has 0 unspecified atom stereocenters. The second-order valence-electron chi connectivity index (χ2n) is 7.68. The molecule has 0 saturated carbocycles. The van der Waals surface area contributed by atoms with Crippen LogP contribution in [0.2, 0.25) is 10.0 Å². The molecule has 0 aliphatic carbocycles. The summed E-state index contributed by atoms with van der Waals surface area (Å²) in [5.41, 5.74) is -1.30. The number of hydrogen-bond acceptors (Lipinski definition) is 5. The van der Waals surface area contributed by atoms with Gasteiger partial charge in [0.15, 0.2) is 5.16 Å². The molecule has 0 fully saturated rings. The lowest BCUT2D eigenvalue weighted by Crippen LogP contribution is -2.24. The lowest BCUT2D eigenvalue weighted by Gasteiger charge is -2.16. The molecular weight excluding hydrogens is 536 g/mol. The first-order chi connectivity index (χ1) is 17.1. The van der Waals surface area contributed by atoms with Crippen molar-refractivity contribution in [3.63, 3.8) is 0 Å². The van der Waals surface area contributed by atoms with E-state index in [9.17, 15) is 22.8 Å². The highest BCUT2D eigenvalue weighted by molar-refractivity contribution is 7.98. The molecule has 6 nitrogen and oxygen atoms in total. The first-order valence-corrected chi connectivity index (χ1v) is 12.1.